The Balaban J connectivity index is 1.30. The molecule has 0 aliphatic carbocycles. The molecule has 7 nitrogen and oxygen atoms in total. The highest BCUT2D eigenvalue weighted by Crippen LogP contribution is 2.21. The number of aromatic amines is 1. The zero-order valence-electron chi connectivity index (χ0n) is 18.2. The molecule has 0 saturated carbocycles. The number of para-hydroxylation sites is 1. The van der Waals surface area contributed by atoms with Crippen molar-refractivity contribution < 1.29 is 14.0 Å². The van der Waals surface area contributed by atoms with E-state index in [1.54, 1.807) is 12.3 Å². The fourth-order valence-electron chi connectivity index (χ4n) is 4.33. The van der Waals surface area contributed by atoms with Gasteiger partial charge < -0.3 is 19.6 Å². The van der Waals surface area contributed by atoms with Crippen molar-refractivity contribution >= 4 is 34.1 Å². The zero-order valence-corrected chi connectivity index (χ0v) is 19.0. The van der Waals surface area contributed by atoms with Crippen molar-refractivity contribution in [1.82, 2.24) is 20.1 Å². The number of furan rings is 1. The number of nitrogens with zero attached hydrogens (tertiary/aromatic N) is 2. The van der Waals surface area contributed by atoms with Crippen LogP contribution in [-0.2, 0) is 17.8 Å². The second-order valence-electron chi connectivity index (χ2n) is 8.25. The van der Waals surface area contributed by atoms with Gasteiger partial charge in [-0.3, -0.25) is 14.5 Å². The molecule has 4 aromatic rings. The molecule has 3 aromatic heterocycles. The normalized spacial score (nSPS) is 15.6. The predicted molar refractivity (Wildman–Crippen MR) is 128 cm³/mol. The number of hydrogen-bond acceptors (Lipinski definition) is 5. The standard InChI is InChI=1S/C25H26N4O3S/c30-24(23-8-4-14-33-23)27-22(15-18-16-26-21-7-2-1-6-20(18)21)25(31)29-11-9-28(10-12-29)17-19-5-3-13-32-19/h1-8,13-14,16,22,26H,9-12,15,17H2,(H,27,30). The van der Waals surface area contributed by atoms with Crippen LogP contribution in [0.2, 0.25) is 0 Å². The van der Waals surface area contributed by atoms with E-state index in [1.165, 1.54) is 11.3 Å². The third kappa shape index (κ3) is 4.86. The quantitative estimate of drug-likeness (QED) is 0.440. The molecule has 1 atom stereocenters. The maximum atomic E-state index is 13.6. The highest BCUT2D eigenvalue weighted by molar-refractivity contribution is 7.12. The third-order valence-electron chi connectivity index (χ3n) is 6.09. The van der Waals surface area contributed by atoms with Crippen LogP contribution < -0.4 is 5.32 Å². The van der Waals surface area contributed by atoms with Crippen LogP contribution in [0.5, 0.6) is 0 Å². The number of aromatic nitrogens is 1. The molecule has 8 heteroatoms. The number of nitrogens with one attached hydrogen (secondary N) is 2. The first-order chi connectivity index (χ1) is 16.2. The summed E-state index contributed by atoms with van der Waals surface area (Å²) in [6.45, 7) is 3.52. The second-order valence-corrected chi connectivity index (χ2v) is 9.20. The highest BCUT2D eigenvalue weighted by Gasteiger charge is 2.30. The largest absolute Gasteiger partial charge is 0.468 e. The summed E-state index contributed by atoms with van der Waals surface area (Å²) < 4.78 is 5.45. The molecule has 2 amide bonds. The number of piperazine rings is 1. The van der Waals surface area contributed by atoms with Gasteiger partial charge in [-0.05, 0) is 35.2 Å². The smallest absolute Gasteiger partial charge is 0.262 e. The maximum absolute atomic E-state index is 13.6. The summed E-state index contributed by atoms with van der Waals surface area (Å²) in [6.07, 6.45) is 4.05. The number of benzene rings is 1. The van der Waals surface area contributed by atoms with E-state index in [2.05, 4.69) is 15.2 Å². The monoisotopic (exact) mass is 462 g/mol. The Morgan fingerprint density at radius 3 is 2.67 bits per heavy atom. The Morgan fingerprint density at radius 1 is 1.06 bits per heavy atom. The minimum Gasteiger partial charge on any atom is -0.468 e. The Hall–Kier alpha value is -3.36. The van der Waals surface area contributed by atoms with Gasteiger partial charge in [0.15, 0.2) is 0 Å². The van der Waals surface area contributed by atoms with E-state index >= 15 is 0 Å². The molecule has 33 heavy (non-hydrogen) atoms. The SMILES string of the molecule is O=C(NC(Cc1c[nH]c2ccccc12)C(=O)N1CCN(Cc2ccco2)CC1)c1cccs1. The number of rotatable bonds is 7. The van der Waals surface area contributed by atoms with Crippen molar-refractivity contribution in [3.8, 4) is 0 Å². The van der Waals surface area contributed by atoms with Crippen molar-refractivity contribution in [3.63, 3.8) is 0 Å². The van der Waals surface area contributed by atoms with Crippen LogP contribution in [0.4, 0.5) is 0 Å². The molecule has 1 aliphatic rings. The molecule has 1 aliphatic heterocycles. The summed E-state index contributed by atoms with van der Waals surface area (Å²) in [5, 5.41) is 5.94. The van der Waals surface area contributed by atoms with E-state index < -0.39 is 6.04 Å². The molecule has 5 rings (SSSR count). The minimum atomic E-state index is -0.629. The van der Waals surface area contributed by atoms with Gasteiger partial charge in [0.05, 0.1) is 17.7 Å². The average Bonchev–Trinajstić information content (AvgIpc) is 3.61. The molecule has 1 saturated heterocycles. The molecule has 0 spiro atoms. The van der Waals surface area contributed by atoms with Gasteiger partial charge in [-0.2, -0.15) is 0 Å². The number of carbonyl (C=O) groups excluding carboxylic acids is 2. The molecule has 0 radical (unpaired) electrons. The topological polar surface area (TPSA) is 81.6 Å². The maximum Gasteiger partial charge on any atom is 0.262 e. The first-order valence-electron chi connectivity index (χ1n) is 11.1. The van der Waals surface area contributed by atoms with Crippen LogP contribution in [0.25, 0.3) is 10.9 Å². The van der Waals surface area contributed by atoms with Gasteiger partial charge in [0.2, 0.25) is 5.91 Å². The third-order valence-corrected chi connectivity index (χ3v) is 6.96. The van der Waals surface area contributed by atoms with Crippen molar-refractivity contribution in [3.05, 3.63) is 82.6 Å². The van der Waals surface area contributed by atoms with Gasteiger partial charge in [-0.1, -0.05) is 24.3 Å². The van der Waals surface area contributed by atoms with E-state index in [0.717, 1.165) is 41.9 Å². The molecule has 1 aromatic carbocycles. The van der Waals surface area contributed by atoms with E-state index in [1.807, 2.05) is 58.9 Å². The Morgan fingerprint density at radius 2 is 1.91 bits per heavy atom. The van der Waals surface area contributed by atoms with Gasteiger partial charge in [-0.25, -0.2) is 0 Å². The Bertz CT molecular complexity index is 1210. The lowest BCUT2D eigenvalue weighted by Crippen LogP contribution is -2.55. The molecule has 1 unspecified atom stereocenters. The summed E-state index contributed by atoms with van der Waals surface area (Å²) in [4.78, 5) is 34.4. The average molecular weight is 463 g/mol. The van der Waals surface area contributed by atoms with Crippen molar-refractivity contribution in [2.75, 3.05) is 26.2 Å². The van der Waals surface area contributed by atoms with Crippen LogP contribution in [-0.4, -0.2) is 58.8 Å². The summed E-state index contributed by atoms with van der Waals surface area (Å²) in [6, 6.07) is 14.9. The van der Waals surface area contributed by atoms with Gasteiger partial charge in [0, 0.05) is 49.7 Å². The number of amides is 2. The zero-order chi connectivity index (χ0) is 22.6. The molecular formula is C25H26N4O3S. The lowest BCUT2D eigenvalue weighted by atomic mass is 10.0. The highest BCUT2D eigenvalue weighted by atomic mass is 32.1. The molecule has 170 valence electrons. The van der Waals surface area contributed by atoms with Gasteiger partial charge in [-0.15, -0.1) is 11.3 Å². The van der Waals surface area contributed by atoms with Gasteiger partial charge >= 0.3 is 0 Å². The fraction of sp³-hybridized carbons (Fsp3) is 0.280. The number of fused-ring (bicyclic) bond motifs is 1. The summed E-state index contributed by atoms with van der Waals surface area (Å²) >= 11 is 1.37. The summed E-state index contributed by atoms with van der Waals surface area (Å²) in [5.74, 6) is 0.678. The van der Waals surface area contributed by atoms with Crippen molar-refractivity contribution in [1.29, 1.82) is 0 Å². The first-order valence-corrected chi connectivity index (χ1v) is 12.0. The minimum absolute atomic E-state index is 0.0390. The number of thiophene rings is 1. The summed E-state index contributed by atoms with van der Waals surface area (Å²) in [7, 11) is 0. The predicted octanol–water partition coefficient (Wildman–Crippen LogP) is 3.51. The number of hydrogen-bond donors (Lipinski definition) is 2. The number of carbonyl (C=O) groups is 2. The van der Waals surface area contributed by atoms with Crippen molar-refractivity contribution in [2.24, 2.45) is 0 Å². The summed E-state index contributed by atoms with van der Waals surface area (Å²) in [5.41, 5.74) is 2.04. The molecule has 4 heterocycles. The van der Waals surface area contributed by atoms with Crippen LogP contribution in [0.3, 0.4) is 0 Å². The van der Waals surface area contributed by atoms with E-state index in [0.29, 0.717) is 24.4 Å². The fourth-order valence-corrected chi connectivity index (χ4v) is 4.95. The lowest BCUT2D eigenvalue weighted by molar-refractivity contribution is -0.135. The second kappa shape index (κ2) is 9.64. The van der Waals surface area contributed by atoms with Crippen LogP contribution in [0.1, 0.15) is 21.0 Å². The van der Waals surface area contributed by atoms with Crippen LogP contribution in [0, 0.1) is 0 Å². The first kappa shape index (κ1) is 21.5. The molecule has 0 bridgehead atoms. The molecular weight excluding hydrogens is 436 g/mol. The van der Waals surface area contributed by atoms with Gasteiger partial charge in [0.25, 0.3) is 5.91 Å². The van der Waals surface area contributed by atoms with Crippen molar-refractivity contribution in [2.45, 2.75) is 19.0 Å². The Labute approximate surface area is 196 Å². The molecule has 1 fully saturated rings. The van der Waals surface area contributed by atoms with E-state index in [-0.39, 0.29) is 11.8 Å². The Kier molecular flexibility index (Phi) is 6.28. The van der Waals surface area contributed by atoms with Gasteiger partial charge in [0.1, 0.15) is 11.8 Å². The lowest BCUT2D eigenvalue weighted by Gasteiger charge is -2.36. The van der Waals surface area contributed by atoms with Crippen LogP contribution >= 0.6 is 11.3 Å². The number of H-pyrrole nitrogens is 1. The van der Waals surface area contributed by atoms with Crippen LogP contribution in [0.15, 0.2) is 70.8 Å². The van der Waals surface area contributed by atoms with E-state index in [4.69, 9.17) is 4.42 Å². The van der Waals surface area contributed by atoms with E-state index in [9.17, 15) is 9.59 Å². The molecule has 2 N–H and O–H groups in total.